The highest BCUT2D eigenvalue weighted by atomic mass is 16.5. The summed E-state index contributed by atoms with van der Waals surface area (Å²) in [5, 5.41) is 14.9. The average Bonchev–Trinajstić information content (AvgIpc) is 3.19. The monoisotopic (exact) mass is 296 g/mol. The van der Waals surface area contributed by atoms with Gasteiger partial charge < -0.3 is 9.84 Å². The molecule has 6 nitrogen and oxygen atoms in total. The molecule has 1 fully saturated rings. The number of anilines is 1. The van der Waals surface area contributed by atoms with E-state index in [0.29, 0.717) is 23.0 Å². The maximum absolute atomic E-state index is 12.2. The van der Waals surface area contributed by atoms with Gasteiger partial charge in [0.2, 0.25) is 5.91 Å². The number of hydrogen-bond acceptors (Lipinski definition) is 4. The number of carbonyl (C=O) groups is 1. The average molecular weight is 296 g/mol. The summed E-state index contributed by atoms with van der Waals surface area (Å²) in [6.07, 6.45) is 2.56. The number of carbonyl (C=O) groups excluding carboxylic acids is 1. The molecule has 2 N–H and O–H groups in total. The lowest BCUT2D eigenvalue weighted by Crippen LogP contribution is -2.15. The Kier molecular flexibility index (Phi) is 2.96. The number of hydrogen-bond donors (Lipinski definition) is 2. The minimum atomic E-state index is -0.143. The first kappa shape index (κ1) is 13.1. The second-order valence-corrected chi connectivity index (χ2v) is 5.74. The molecule has 2 heterocycles. The molecule has 2 aromatic heterocycles. The van der Waals surface area contributed by atoms with E-state index >= 15 is 0 Å². The summed E-state index contributed by atoms with van der Waals surface area (Å²) in [7, 11) is 0. The van der Waals surface area contributed by atoms with Gasteiger partial charge >= 0.3 is 0 Å². The van der Waals surface area contributed by atoms with Crippen LogP contribution in [0.2, 0.25) is 0 Å². The standard InChI is InChI=1S/C16H16N4O2/c1-9-15(10-6-7-10)18-19-16(9)17-14(21)8-12-11-4-2-3-5-13(11)22-20-12/h2-5,10H,6-8H2,1H3,(H2,17,18,19,21). The molecule has 1 aromatic carbocycles. The van der Waals surface area contributed by atoms with Crippen molar-refractivity contribution in [3.8, 4) is 0 Å². The minimum Gasteiger partial charge on any atom is -0.356 e. The molecule has 6 heteroatoms. The van der Waals surface area contributed by atoms with Gasteiger partial charge in [0, 0.05) is 22.6 Å². The fourth-order valence-electron chi connectivity index (χ4n) is 2.70. The lowest BCUT2D eigenvalue weighted by molar-refractivity contribution is -0.115. The van der Waals surface area contributed by atoms with Gasteiger partial charge in [-0.25, -0.2) is 0 Å². The maximum atomic E-state index is 12.2. The van der Waals surface area contributed by atoms with Gasteiger partial charge in [0.15, 0.2) is 11.4 Å². The first-order chi connectivity index (χ1) is 10.7. The van der Waals surface area contributed by atoms with Crippen LogP contribution in [0.3, 0.4) is 0 Å². The number of rotatable bonds is 4. The molecule has 0 atom stereocenters. The number of fused-ring (bicyclic) bond motifs is 1. The van der Waals surface area contributed by atoms with Gasteiger partial charge in [-0.15, -0.1) is 0 Å². The highest BCUT2D eigenvalue weighted by Gasteiger charge is 2.28. The molecule has 0 unspecified atom stereocenters. The molecule has 1 aliphatic rings. The van der Waals surface area contributed by atoms with Crippen molar-refractivity contribution in [2.45, 2.75) is 32.1 Å². The highest BCUT2D eigenvalue weighted by molar-refractivity contribution is 5.94. The zero-order chi connectivity index (χ0) is 15.1. The Bertz CT molecular complexity index is 845. The fraction of sp³-hybridized carbons (Fsp3) is 0.312. The Labute approximate surface area is 126 Å². The summed E-state index contributed by atoms with van der Waals surface area (Å²) < 4.78 is 5.22. The van der Waals surface area contributed by atoms with Gasteiger partial charge in [0.05, 0.1) is 6.42 Å². The number of aromatic nitrogens is 3. The van der Waals surface area contributed by atoms with Crippen molar-refractivity contribution >= 4 is 22.7 Å². The normalized spacial score (nSPS) is 14.4. The van der Waals surface area contributed by atoms with Crippen molar-refractivity contribution in [2.75, 3.05) is 5.32 Å². The largest absolute Gasteiger partial charge is 0.356 e. The molecular formula is C16H16N4O2. The second-order valence-electron chi connectivity index (χ2n) is 5.74. The van der Waals surface area contributed by atoms with Crippen molar-refractivity contribution in [2.24, 2.45) is 0 Å². The Morgan fingerprint density at radius 1 is 1.41 bits per heavy atom. The summed E-state index contributed by atoms with van der Waals surface area (Å²) in [5.74, 6) is 1.05. The number of H-pyrrole nitrogens is 1. The van der Waals surface area contributed by atoms with Gasteiger partial charge in [-0.3, -0.25) is 9.89 Å². The van der Waals surface area contributed by atoms with Crippen molar-refractivity contribution in [3.63, 3.8) is 0 Å². The van der Waals surface area contributed by atoms with Crippen molar-refractivity contribution in [3.05, 3.63) is 41.2 Å². The smallest absolute Gasteiger partial charge is 0.231 e. The van der Waals surface area contributed by atoms with Crippen LogP contribution < -0.4 is 5.32 Å². The molecule has 0 spiro atoms. The molecule has 0 aliphatic heterocycles. The molecule has 0 radical (unpaired) electrons. The van der Waals surface area contributed by atoms with Crippen molar-refractivity contribution in [1.29, 1.82) is 0 Å². The first-order valence-electron chi connectivity index (χ1n) is 7.40. The Balaban J connectivity index is 1.50. The topological polar surface area (TPSA) is 83.8 Å². The van der Waals surface area contributed by atoms with E-state index in [-0.39, 0.29) is 12.3 Å². The van der Waals surface area contributed by atoms with E-state index in [1.54, 1.807) is 0 Å². The van der Waals surface area contributed by atoms with E-state index in [9.17, 15) is 4.79 Å². The van der Waals surface area contributed by atoms with E-state index in [4.69, 9.17) is 4.52 Å². The lowest BCUT2D eigenvalue weighted by atomic mass is 10.1. The zero-order valence-electron chi connectivity index (χ0n) is 12.2. The van der Waals surface area contributed by atoms with Crippen LogP contribution in [0.15, 0.2) is 28.8 Å². The zero-order valence-corrected chi connectivity index (χ0v) is 12.2. The third-order valence-corrected chi connectivity index (χ3v) is 4.07. The number of nitrogens with one attached hydrogen (secondary N) is 2. The molecule has 22 heavy (non-hydrogen) atoms. The van der Waals surface area contributed by atoms with E-state index in [0.717, 1.165) is 16.6 Å². The summed E-state index contributed by atoms with van der Waals surface area (Å²) in [6, 6.07) is 7.52. The van der Waals surface area contributed by atoms with Crippen LogP contribution in [-0.4, -0.2) is 21.3 Å². The molecule has 4 rings (SSSR count). The summed E-state index contributed by atoms with van der Waals surface area (Å²) in [4.78, 5) is 12.2. The third kappa shape index (κ3) is 2.26. The number of nitrogens with zero attached hydrogens (tertiary/aromatic N) is 2. The molecule has 1 saturated carbocycles. The van der Waals surface area contributed by atoms with E-state index in [1.807, 2.05) is 31.2 Å². The fourth-order valence-corrected chi connectivity index (χ4v) is 2.70. The predicted octanol–water partition coefficient (Wildman–Crippen LogP) is 2.92. The van der Waals surface area contributed by atoms with Gasteiger partial charge in [-0.2, -0.15) is 5.10 Å². The highest BCUT2D eigenvalue weighted by Crippen LogP contribution is 2.41. The SMILES string of the molecule is Cc1c(NC(=O)Cc2noc3ccccc23)n[nH]c1C1CC1. The predicted molar refractivity (Wildman–Crippen MR) is 81.6 cm³/mol. The van der Waals surface area contributed by atoms with Crippen LogP contribution in [-0.2, 0) is 11.2 Å². The Morgan fingerprint density at radius 2 is 2.23 bits per heavy atom. The van der Waals surface area contributed by atoms with E-state index < -0.39 is 0 Å². The van der Waals surface area contributed by atoms with Crippen LogP contribution in [0.1, 0.15) is 35.7 Å². The lowest BCUT2D eigenvalue weighted by Gasteiger charge is -2.02. The summed E-state index contributed by atoms with van der Waals surface area (Å²) in [6.45, 7) is 1.98. The van der Waals surface area contributed by atoms with Gasteiger partial charge in [-0.05, 0) is 31.9 Å². The molecular weight excluding hydrogens is 280 g/mol. The van der Waals surface area contributed by atoms with E-state index in [2.05, 4.69) is 20.7 Å². The van der Waals surface area contributed by atoms with Gasteiger partial charge in [-0.1, -0.05) is 17.3 Å². The Hall–Kier alpha value is -2.63. The van der Waals surface area contributed by atoms with Crippen LogP contribution in [0.25, 0.3) is 11.0 Å². The van der Waals surface area contributed by atoms with E-state index in [1.165, 1.54) is 12.8 Å². The van der Waals surface area contributed by atoms with Crippen molar-refractivity contribution in [1.82, 2.24) is 15.4 Å². The minimum absolute atomic E-state index is 0.143. The quantitative estimate of drug-likeness (QED) is 0.775. The molecule has 1 amide bonds. The van der Waals surface area contributed by atoms with Crippen LogP contribution in [0.4, 0.5) is 5.82 Å². The third-order valence-electron chi connectivity index (χ3n) is 4.07. The molecule has 1 aliphatic carbocycles. The first-order valence-corrected chi connectivity index (χ1v) is 7.40. The van der Waals surface area contributed by atoms with Gasteiger partial charge in [0.1, 0.15) is 5.69 Å². The van der Waals surface area contributed by atoms with Crippen LogP contribution >= 0.6 is 0 Å². The maximum Gasteiger partial charge on any atom is 0.231 e. The number of benzene rings is 1. The number of aromatic amines is 1. The molecule has 0 saturated heterocycles. The molecule has 3 aromatic rings. The van der Waals surface area contributed by atoms with Crippen LogP contribution in [0, 0.1) is 6.92 Å². The molecule has 112 valence electrons. The molecule has 0 bridgehead atoms. The van der Waals surface area contributed by atoms with Crippen molar-refractivity contribution < 1.29 is 9.32 Å². The van der Waals surface area contributed by atoms with Crippen LogP contribution in [0.5, 0.6) is 0 Å². The second kappa shape index (κ2) is 4.98. The number of amides is 1. The van der Waals surface area contributed by atoms with Gasteiger partial charge in [0.25, 0.3) is 0 Å². The number of para-hydroxylation sites is 1. The summed E-state index contributed by atoms with van der Waals surface area (Å²) >= 11 is 0. The Morgan fingerprint density at radius 3 is 3.05 bits per heavy atom. The summed E-state index contributed by atoms with van der Waals surface area (Å²) in [5.41, 5.74) is 3.50.